The van der Waals surface area contributed by atoms with Crippen LogP contribution in [0.1, 0.15) is 11.5 Å². The first-order valence-corrected chi connectivity index (χ1v) is 9.58. The predicted octanol–water partition coefficient (Wildman–Crippen LogP) is 3.04. The molecule has 30 heavy (non-hydrogen) atoms. The van der Waals surface area contributed by atoms with Crippen LogP contribution in [-0.4, -0.2) is 44.5 Å². The van der Waals surface area contributed by atoms with Gasteiger partial charge in [0, 0.05) is 24.9 Å². The van der Waals surface area contributed by atoms with Gasteiger partial charge >= 0.3 is 0 Å². The molecule has 1 aromatic carbocycles. The van der Waals surface area contributed by atoms with Crippen LogP contribution < -0.4 is 9.47 Å². The van der Waals surface area contributed by atoms with Crippen molar-refractivity contribution in [3.05, 3.63) is 48.1 Å². The Balaban J connectivity index is 2.20. The van der Waals surface area contributed by atoms with Gasteiger partial charge in [-0.25, -0.2) is 0 Å². The number of nitrogens with zero attached hydrogens (tertiary/aromatic N) is 4. The van der Waals surface area contributed by atoms with E-state index < -0.39 is 17.3 Å². The van der Waals surface area contributed by atoms with Crippen molar-refractivity contribution in [2.24, 2.45) is 17.3 Å². The van der Waals surface area contributed by atoms with Crippen LogP contribution in [0.2, 0.25) is 0 Å². The number of ether oxygens (including phenoxy) is 2. The van der Waals surface area contributed by atoms with Crippen molar-refractivity contribution >= 4 is 5.71 Å². The first-order chi connectivity index (χ1) is 14.5. The number of nitriles is 3. The van der Waals surface area contributed by atoms with Gasteiger partial charge < -0.3 is 19.8 Å². The minimum Gasteiger partial charge on any atom is -0.493 e. The molecule has 1 unspecified atom stereocenters. The molecule has 7 heteroatoms. The van der Waals surface area contributed by atoms with Crippen LogP contribution in [0.25, 0.3) is 0 Å². The van der Waals surface area contributed by atoms with E-state index in [9.17, 15) is 15.8 Å². The number of hydrogen-bond donors (Lipinski definition) is 1. The number of fused-ring (bicyclic) bond motifs is 1. The largest absolute Gasteiger partial charge is 0.493 e. The van der Waals surface area contributed by atoms with Gasteiger partial charge in [-0.1, -0.05) is 24.8 Å². The van der Waals surface area contributed by atoms with E-state index in [1.807, 2.05) is 13.1 Å². The third-order valence-corrected chi connectivity index (χ3v) is 5.88. The third-order valence-electron chi connectivity index (χ3n) is 5.88. The highest BCUT2D eigenvalue weighted by Gasteiger charge is 2.57. The monoisotopic (exact) mass is 401 g/mol. The zero-order valence-electron chi connectivity index (χ0n) is 17.1. The van der Waals surface area contributed by atoms with Crippen molar-refractivity contribution < 1.29 is 9.47 Å². The molecule has 1 saturated carbocycles. The Hall–Kier alpha value is -3.60. The Morgan fingerprint density at radius 3 is 2.63 bits per heavy atom. The zero-order chi connectivity index (χ0) is 21.9. The quantitative estimate of drug-likeness (QED) is 0.758. The first kappa shape index (κ1) is 21.1. The molecular formula is C23H23N5O2. The lowest BCUT2D eigenvalue weighted by molar-refractivity contribution is 0.234. The fourth-order valence-electron chi connectivity index (χ4n) is 4.47. The van der Waals surface area contributed by atoms with E-state index in [2.05, 4.69) is 29.7 Å². The van der Waals surface area contributed by atoms with Crippen molar-refractivity contribution in [3.63, 3.8) is 0 Å². The molecule has 2 aliphatic rings. The van der Waals surface area contributed by atoms with E-state index in [-0.39, 0.29) is 11.6 Å². The fourth-order valence-corrected chi connectivity index (χ4v) is 4.47. The molecule has 1 N–H and O–H groups in total. The van der Waals surface area contributed by atoms with E-state index in [0.29, 0.717) is 36.8 Å². The minimum atomic E-state index is -1.74. The van der Waals surface area contributed by atoms with E-state index >= 15 is 0 Å². The highest BCUT2D eigenvalue weighted by atomic mass is 16.5. The summed E-state index contributed by atoms with van der Waals surface area (Å²) in [6.07, 6.45) is 3.59. The summed E-state index contributed by atoms with van der Waals surface area (Å²) in [4.78, 5) is 2.09. The van der Waals surface area contributed by atoms with Crippen LogP contribution in [0.15, 0.2) is 42.5 Å². The maximum Gasteiger partial charge on any atom is 0.189 e. The maximum atomic E-state index is 10.1. The number of methoxy groups -OCH3 is 1. The summed E-state index contributed by atoms with van der Waals surface area (Å²) in [5, 5.41) is 38.6. The Labute approximate surface area is 176 Å². The van der Waals surface area contributed by atoms with Gasteiger partial charge in [0.1, 0.15) is 12.5 Å². The van der Waals surface area contributed by atoms with Gasteiger partial charge in [0.15, 0.2) is 16.9 Å². The fraction of sp³-hybridized carbons (Fsp3) is 0.391. The van der Waals surface area contributed by atoms with Crippen LogP contribution in [0.4, 0.5) is 0 Å². The lowest BCUT2D eigenvalue weighted by Crippen LogP contribution is -2.52. The van der Waals surface area contributed by atoms with Gasteiger partial charge in [-0.15, -0.1) is 0 Å². The normalized spacial score (nSPS) is 25.0. The van der Waals surface area contributed by atoms with Crippen LogP contribution >= 0.6 is 0 Å². The summed E-state index contributed by atoms with van der Waals surface area (Å²) in [5.74, 6) is -0.718. The molecule has 0 saturated heterocycles. The number of likely N-dealkylation sites (N-methyl/N-ethyl adjacent to an activating group) is 1. The molecule has 1 aromatic rings. The van der Waals surface area contributed by atoms with E-state index in [0.717, 1.165) is 5.57 Å². The third kappa shape index (κ3) is 3.22. The molecule has 0 radical (unpaired) electrons. The van der Waals surface area contributed by atoms with Gasteiger partial charge in [-0.2, -0.15) is 15.8 Å². The topological polar surface area (TPSA) is 117 Å². The molecule has 3 atom stereocenters. The van der Waals surface area contributed by atoms with Crippen LogP contribution in [0, 0.1) is 56.7 Å². The summed E-state index contributed by atoms with van der Waals surface area (Å²) >= 11 is 0. The second-order valence-corrected chi connectivity index (χ2v) is 7.53. The highest BCUT2D eigenvalue weighted by Crippen LogP contribution is 2.54. The Morgan fingerprint density at radius 2 is 2.03 bits per heavy atom. The summed E-state index contributed by atoms with van der Waals surface area (Å²) in [6.45, 7) is 5.20. The number of rotatable bonds is 5. The molecule has 0 amide bonds. The van der Waals surface area contributed by atoms with Crippen LogP contribution in [-0.2, 0) is 0 Å². The van der Waals surface area contributed by atoms with E-state index in [4.69, 9.17) is 14.9 Å². The van der Waals surface area contributed by atoms with Gasteiger partial charge in [-0.05, 0) is 30.3 Å². The van der Waals surface area contributed by atoms with Gasteiger partial charge in [0.2, 0.25) is 0 Å². The molecule has 0 bridgehead atoms. The molecule has 1 aliphatic heterocycles. The van der Waals surface area contributed by atoms with Crippen molar-refractivity contribution in [2.45, 2.75) is 5.92 Å². The van der Waals surface area contributed by atoms with Crippen LogP contribution in [0.5, 0.6) is 11.5 Å². The average molecular weight is 401 g/mol. The van der Waals surface area contributed by atoms with Crippen molar-refractivity contribution in [1.82, 2.24) is 4.90 Å². The van der Waals surface area contributed by atoms with Gasteiger partial charge in [-0.3, -0.25) is 0 Å². The van der Waals surface area contributed by atoms with Crippen molar-refractivity contribution in [3.8, 4) is 29.7 Å². The molecule has 7 nitrogen and oxygen atoms in total. The summed E-state index contributed by atoms with van der Waals surface area (Å²) in [6, 6.07) is 11.7. The molecular weight excluding hydrogens is 378 g/mol. The number of hydrogen-bond acceptors (Lipinski definition) is 7. The van der Waals surface area contributed by atoms with Gasteiger partial charge in [0.25, 0.3) is 0 Å². The smallest absolute Gasteiger partial charge is 0.189 e. The van der Waals surface area contributed by atoms with Crippen molar-refractivity contribution in [1.29, 1.82) is 21.2 Å². The standard InChI is InChI=1S/C23H23N5O2/c1-4-9-30-19-6-5-15(10-20(19)29-3)21-18-12-28(2)8-7-16(18)17(11-24)22(27)23(21,13-25)14-26/h4-7,10,17-18,21,27H,1,8-9,12H2,2-3H3/t17?,18-,21+/m1/s1. The lowest BCUT2D eigenvalue weighted by Gasteiger charge is -2.47. The second-order valence-electron chi connectivity index (χ2n) is 7.53. The minimum absolute atomic E-state index is 0.155. The Morgan fingerprint density at radius 1 is 1.30 bits per heavy atom. The highest BCUT2D eigenvalue weighted by molar-refractivity contribution is 6.00. The second kappa shape index (κ2) is 8.41. The molecule has 0 aromatic heterocycles. The molecule has 1 fully saturated rings. The Kier molecular flexibility index (Phi) is 5.92. The molecule has 3 rings (SSSR count). The molecule has 0 spiro atoms. The summed E-state index contributed by atoms with van der Waals surface area (Å²) < 4.78 is 11.1. The summed E-state index contributed by atoms with van der Waals surface area (Å²) in [5.41, 5.74) is -0.376. The lowest BCUT2D eigenvalue weighted by atomic mass is 9.54. The number of benzene rings is 1. The SMILES string of the molecule is C=CCOc1ccc([C@H]2[C@@H]3CN(C)CC=C3C(C#N)C(=N)C2(C#N)C#N)cc1OC. The number of nitrogens with one attached hydrogen (secondary N) is 1. The van der Waals surface area contributed by atoms with E-state index in [1.54, 1.807) is 24.3 Å². The first-order valence-electron chi connectivity index (χ1n) is 9.58. The molecule has 1 aliphatic carbocycles. The summed E-state index contributed by atoms with van der Waals surface area (Å²) in [7, 11) is 3.48. The predicted molar refractivity (Wildman–Crippen MR) is 111 cm³/mol. The van der Waals surface area contributed by atoms with Gasteiger partial charge in [0.05, 0.1) is 31.0 Å². The molecule has 1 heterocycles. The molecule has 152 valence electrons. The maximum absolute atomic E-state index is 10.1. The average Bonchev–Trinajstić information content (AvgIpc) is 2.77. The van der Waals surface area contributed by atoms with Crippen molar-refractivity contribution in [2.75, 3.05) is 33.9 Å². The van der Waals surface area contributed by atoms with E-state index in [1.165, 1.54) is 7.11 Å². The zero-order valence-corrected chi connectivity index (χ0v) is 17.1. The van der Waals surface area contributed by atoms with Crippen LogP contribution in [0.3, 0.4) is 0 Å². The Bertz CT molecular complexity index is 1010.